The van der Waals surface area contributed by atoms with Gasteiger partial charge < -0.3 is 20.1 Å². The largest absolute Gasteiger partial charge is 0.416 e. The molecule has 10 heteroatoms. The summed E-state index contributed by atoms with van der Waals surface area (Å²) < 4.78 is 51.4. The number of fused-ring (bicyclic) bond motifs is 2. The molecule has 3 aliphatic rings. The number of benzene rings is 2. The molecule has 1 saturated carbocycles. The fourth-order valence-electron chi connectivity index (χ4n) is 6.27. The average molecular weight is 560 g/mol. The van der Waals surface area contributed by atoms with Gasteiger partial charge in [-0.3, -0.25) is 14.5 Å². The number of alkyl halides is 3. The maximum absolute atomic E-state index is 13.0. The monoisotopic (exact) mass is 559 g/mol. The molecule has 2 heterocycles. The van der Waals surface area contributed by atoms with Gasteiger partial charge in [-0.25, -0.2) is 0 Å². The van der Waals surface area contributed by atoms with E-state index in [1.165, 1.54) is 23.3 Å². The average Bonchev–Trinajstić information content (AvgIpc) is 3.52. The number of nitrogens with zero attached hydrogens (tertiary/aromatic N) is 1. The van der Waals surface area contributed by atoms with Crippen molar-refractivity contribution in [3.8, 4) is 0 Å². The first-order valence-corrected chi connectivity index (χ1v) is 14.0. The van der Waals surface area contributed by atoms with Gasteiger partial charge in [-0.2, -0.15) is 13.2 Å². The molecule has 1 saturated heterocycles. The van der Waals surface area contributed by atoms with E-state index in [-0.39, 0.29) is 29.9 Å². The Balaban J connectivity index is 1.15. The molecule has 1 aliphatic carbocycles. The second-order valence-electron chi connectivity index (χ2n) is 11.0. The van der Waals surface area contributed by atoms with Crippen molar-refractivity contribution in [2.75, 3.05) is 26.2 Å². The van der Waals surface area contributed by atoms with Gasteiger partial charge in [0.1, 0.15) is 0 Å². The molecule has 7 nitrogen and oxygen atoms in total. The Hall–Kier alpha value is -2.95. The van der Waals surface area contributed by atoms with Crippen LogP contribution in [0.5, 0.6) is 0 Å². The molecule has 0 aromatic heterocycles. The predicted molar refractivity (Wildman–Crippen MR) is 142 cm³/mol. The van der Waals surface area contributed by atoms with Gasteiger partial charge in [0.05, 0.1) is 36.5 Å². The number of carbonyl (C=O) groups excluding carboxylic acids is 2. The fraction of sp³-hybridized carbons (Fsp3) is 0.533. The van der Waals surface area contributed by atoms with Gasteiger partial charge in [0.2, 0.25) is 5.91 Å². The van der Waals surface area contributed by atoms with E-state index >= 15 is 0 Å². The zero-order valence-corrected chi connectivity index (χ0v) is 22.6. The van der Waals surface area contributed by atoms with Crippen LogP contribution in [0.25, 0.3) is 0 Å². The minimum absolute atomic E-state index is 0.150. The second-order valence-corrected chi connectivity index (χ2v) is 11.0. The molecule has 216 valence electrons. The van der Waals surface area contributed by atoms with Crippen molar-refractivity contribution in [1.82, 2.24) is 15.5 Å². The number of ether oxygens (including phenoxy) is 2. The summed E-state index contributed by atoms with van der Waals surface area (Å²) in [6, 6.07) is 12.7. The number of carbonyl (C=O) groups is 2. The summed E-state index contributed by atoms with van der Waals surface area (Å²) in [5, 5.41) is 5.42. The molecular formula is C30H36F3N3O4. The molecule has 1 unspecified atom stereocenters. The van der Waals surface area contributed by atoms with Crippen molar-refractivity contribution in [1.29, 1.82) is 0 Å². The lowest BCUT2D eigenvalue weighted by molar-refractivity contribution is -0.137. The zero-order valence-electron chi connectivity index (χ0n) is 22.6. The molecule has 1 spiro atoms. The maximum atomic E-state index is 13.0. The molecule has 2 N–H and O–H groups in total. The van der Waals surface area contributed by atoms with Crippen LogP contribution in [0, 0.1) is 0 Å². The molecule has 2 amide bonds. The molecule has 5 rings (SSSR count). The summed E-state index contributed by atoms with van der Waals surface area (Å²) in [5.74, 6) is -1.14. The van der Waals surface area contributed by atoms with E-state index in [4.69, 9.17) is 9.47 Å². The normalized spacial score (nSPS) is 26.6. The van der Waals surface area contributed by atoms with E-state index in [2.05, 4.69) is 39.8 Å². The third-order valence-corrected chi connectivity index (χ3v) is 8.33. The van der Waals surface area contributed by atoms with Crippen molar-refractivity contribution in [3.63, 3.8) is 0 Å². The van der Waals surface area contributed by atoms with Crippen molar-refractivity contribution in [2.45, 2.75) is 75.6 Å². The van der Waals surface area contributed by atoms with Crippen LogP contribution in [0.2, 0.25) is 0 Å². The van der Waals surface area contributed by atoms with Gasteiger partial charge >= 0.3 is 6.18 Å². The first kappa shape index (κ1) is 28.6. The Morgan fingerprint density at radius 1 is 1.10 bits per heavy atom. The van der Waals surface area contributed by atoms with Crippen LogP contribution >= 0.6 is 0 Å². The van der Waals surface area contributed by atoms with Gasteiger partial charge in [-0.05, 0) is 61.4 Å². The highest BCUT2D eigenvalue weighted by molar-refractivity contribution is 5.96. The van der Waals surface area contributed by atoms with Gasteiger partial charge in [0.25, 0.3) is 5.91 Å². The fourth-order valence-corrected chi connectivity index (χ4v) is 6.27. The molecule has 2 aliphatic heterocycles. The van der Waals surface area contributed by atoms with E-state index in [9.17, 15) is 22.8 Å². The smallest absolute Gasteiger partial charge is 0.375 e. The van der Waals surface area contributed by atoms with Crippen molar-refractivity contribution < 1.29 is 32.2 Å². The predicted octanol–water partition coefficient (Wildman–Crippen LogP) is 4.40. The highest BCUT2D eigenvalue weighted by atomic mass is 19.4. The van der Waals surface area contributed by atoms with Crippen LogP contribution in [0.15, 0.2) is 48.5 Å². The molecule has 2 atom stereocenters. The minimum atomic E-state index is -4.55. The number of nitrogens with one attached hydrogen (secondary N) is 2. The van der Waals surface area contributed by atoms with Crippen LogP contribution < -0.4 is 10.6 Å². The Bertz CT molecular complexity index is 1210. The first-order chi connectivity index (χ1) is 19.2. The van der Waals surface area contributed by atoms with Gasteiger partial charge in [0.15, 0.2) is 0 Å². The first-order valence-electron chi connectivity index (χ1n) is 14.0. The zero-order chi connectivity index (χ0) is 28.3. The number of rotatable bonds is 8. The van der Waals surface area contributed by atoms with Gasteiger partial charge in [0, 0.05) is 31.3 Å². The number of halogens is 3. The van der Waals surface area contributed by atoms with Crippen LogP contribution in [0.4, 0.5) is 13.2 Å². The third kappa shape index (κ3) is 6.19. The minimum Gasteiger partial charge on any atom is -0.375 e. The summed E-state index contributed by atoms with van der Waals surface area (Å²) in [6.45, 7) is 4.28. The highest BCUT2D eigenvalue weighted by Crippen LogP contribution is 2.47. The second kappa shape index (κ2) is 11.9. The number of amides is 2. The topological polar surface area (TPSA) is 79.9 Å². The summed E-state index contributed by atoms with van der Waals surface area (Å²) in [6.07, 6.45) is -0.00217. The standard InChI is InChI=1S/C30H36F3N3O4/c1-2-14-39-26-18-36(23-10-12-29(13-11-23)24-9-4-3-6-21(24)19-40-29)17-25(26)35-27(37)16-34-28(38)20-7-5-8-22(15-20)30(31,32)33/h3-9,15,23,25-26H,2,10-14,16-19H2,1H3,(H,34,38)(H,35,37)/t23?,25?,26-,29?/m0/s1. The van der Waals surface area contributed by atoms with Gasteiger partial charge in [-0.15, -0.1) is 0 Å². The SMILES string of the molecule is CCCO[C@H]1CN(C2CCC3(CC2)OCc2ccccc23)CC1NC(=O)CNC(=O)c1cccc(C(F)(F)F)c1. The number of likely N-dealkylation sites (tertiary alicyclic amines) is 1. The number of hydrogen-bond acceptors (Lipinski definition) is 5. The highest BCUT2D eigenvalue weighted by Gasteiger charge is 2.46. The summed E-state index contributed by atoms with van der Waals surface area (Å²) >= 11 is 0. The quantitative estimate of drug-likeness (QED) is 0.502. The summed E-state index contributed by atoms with van der Waals surface area (Å²) in [7, 11) is 0. The van der Waals surface area contributed by atoms with E-state index in [0.717, 1.165) is 44.2 Å². The van der Waals surface area contributed by atoms with Crippen LogP contribution in [-0.2, 0) is 32.7 Å². The van der Waals surface area contributed by atoms with E-state index in [0.29, 0.717) is 32.3 Å². The van der Waals surface area contributed by atoms with E-state index in [1.807, 2.05) is 6.92 Å². The Morgan fingerprint density at radius 3 is 2.62 bits per heavy atom. The Kier molecular flexibility index (Phi) is 8.49. The third-order valence-electron chi connectivity index (χ3n) is 8.33. The summed E-state index contributed by atoms with van der Waals surface area (Å²) in [4.78, 5) is 27.6. The van der Waals surface area contributed by atoms with Crippen LogP contribution in [0.1, 0.15) is 66.1 Å². The number of hydrogen-bond donors (Lipinski definition) is 2. The molecular weight excluding hydrogens is 523 g/mol. The van der Waals surface area contributed by atoms with Crippen molar-refractivity contribution in [2.24, 2.45) is 0 Å². The lowest BCUT2D eigenvalue weighted by atomic mass is 9.77. The lowest BCUT2D eigenvalue weighted by Gasteiger charge is -2.40. The lowest BCUT2D eigenvalue weighted by Crippen LogP contribution is -2.48. The molecule has 40 heavy (non-hydrogen) atoms. The van der Waals surface area contributed by atoms with Crippen LogP contribution in [0.3, 0.4) is 0 Å². The van der Waals surface area contributed by atoms with Crippen molar-refractivity contribution >= 4 is 11.8 Å². The van der Waals surface area contributed by atoms with Gasteiger partial charge in [-0.1, -0.05) is 37.3 Å². The molecule has 2 fully saturated rings. The molecule has 2 aromatic carbocycles. The maximum Gasteiger partial charge on any atom is 0.416 e. The molecule has 2 aromatic rings. The Morgan fingerprint density at radius 2 is 1.88 bits per heavy atom. The van der Waals surface area contributed by atoms with Crippen LogP contribution in [-0.4, -0.2) is 61.1 Å². The molecule has 0 bridgehead atoms. The van der Waals surface area contributed by atoms with E-state index < -0.39 is 23.6 Å². The van der Waals surface area contributed by atoms with E-state index in [1.54, 1.807) is 0 Å². The van der Waals surface area contributed by atoms with Crippen molar-refractivity contribution in [3.05, 3.63) is 70.8 Å². The molecule has 0 radical (unpaired) electrons. The Labute approximate surface area is 232 Å². The summed E-state index contributed by atoms with van der Waals surface area (Å²) in [5.41, 5.74) is 1.33.